The lowest BCUT2D eigenvalue weighted by atomic mass is 10.2. The summed E-state index contributed by atoms with van der Waals surface area (Å²) >= 11 is 0. The van der Waals surface area contributed by atoms with Gasteiger partial charge in [-0.2, -0.15) is 4.98 Å². The molecule has 0 atom stereocenters. The molecule has 14 heavy (non-hydrogen) atoms. The Labute approximate surface area is 79.6 Å². The van der Waals surface area contributed by atoms with E-state index in [2.05, 4.69) is 15.2 Å². The third-order valence-corrected chi connectivity index (χ3v) is 1.80. The van der Waals surface area contributed by atoms with Crippen LogP contribution < -0.4 is 11.5 Å². The van der Waals surface area contributed by atoms with Crippen molar-refractivity contribution in [3.63, 3.8) is 0 Å². The normalized spacial score (nSPS) is 10.3. The van der Waals surface area contributed by atoms with Crippen molar-refractivity contribution in [3.05, 3.63) is 18.2 Å². The average Bonchev–Trinajstić information content (AvgIpc) is 2.57. The molecule has 0 fully saturated rings. The Hall–Kier alpha value is -2.24. The summed E-state index contributed by atoms with van der Waals surface area (Å²) in [5, 5.41) is 15.5. The summed E-state index contributed by atoms with van der Waals surface area (Å²) in [7, 11) is 0. The fraction of sp³-hybridized carbons (Fsp3) is 0. The topological polar surface area (TPSA) is 114 Å². The number of nitrogens with one attached hydrogen (secondary N) is 1. The predicted octanol–water partition coefficient (Wildman–Crippen LogP) is 0.342. The van der Waals surface area contributed by atoms with Gasteiger partial charge in [0.1, 0.15) is 5.75 Å². The fourth-order valence-electron chi connectivity index (χ4n) is 1.11. The maximum Gasteiger partial charge on any atom is 0.239 e. The van der Waals surface area contributed by atoms with Gasteiger partial charge in [-0.15, -0.1) is 5.10 Å². The van der Waals surface area contributed by atoms with Crippen LogP contribution in [0.3, 0.4) is 0 Å². The first-order valence-electron chi connectivity index (χ1n) is 3.93. The van der Waals surface area contributed by atoms with E-state index in [1.165, 1.54) is 6.07 Å². The Morgan fingerprint density at radius 3 is 2.64 bits per heavy atom. The molecule has 0 saturated carbocycles. The van der Waals surface area contributed by atoms with Crippen molar-refractivity contribution < 1.29 is 5.11 Å². The number of nitrogens with zero attached hydrogens (tertiary/aromatic N) is 2. The highest BCUT2D eigenvalue weighted by molar-refractivity contribution is 5.66. The van der Waals surface area contributed by atoms with Gasteiger partial charge in [-0.05, 0) is 18.2 Å². The molecule has 0 aliphatic carbocycles. The lowest BCUT2D eigenvalue weighted by molar-refractivity contribution is 0.478. The van der Waals surface area contributed by atoms with Crippen molar-refractivity contribution >= 4 is 11.6 Å². The first kappa shape index (κ1) is 8.36. The second kappa shape index (κ2) is 2.91. The predicted molar refractivity (Wildman–Crippen MR) is 52.3 cm³/mol. The summed E-state index contributed by atoms with van der Waals surface area (Å²) in [4.78, 5) is 3.93. The van der Waals surface area contributed by atoms with Crippen LogP contribution in [0.1, 0.15) is 0 Å². The monoisotopic (exact) mass is 191 g/mol. The van der Waals surface area contributed by atoms with Crippen LogP contribution in [-0.4, -0.2) is 20.3 Å². The number of H-pyrrole nitrogens is 1. The molecule has 1 heterocycles. The molecule has 72 valence electrons. The van der Waals surface area contributed by atoms with E-state index < -0.39 is 0 Å². The zero-order valence-corrected chi connectivity index (χ0v) is 7.23. The van der Waals surface area contributed by atoms with E-state index in [1.54, 1.807) is 12.1 Å². The first-order chi connectivity index (χ1) is 6.66. The van der Waals surface area contributed by atoms with Crippen LogP contribution in [-0.2, 0) is 0 Å². The van der Waals surface area contributed by atoms with Gasteiger partial charge in [-0.1, -0.05) is 0 Å². The van der Waals surface area contributed by atoms with Gasteiger partial charge in [-0.25, -0.2) is 0 Å². The van der Waals surface area contributed by atoms with Crippen LogP contribution in [0.4, 0.5) is 11.6 Å². The number of phenolic OH excluding ortho intramolecular Hbond substituents is 1. The van der Waals surface area contributed by atoms with E-state index in [1.807, 2.05) is 0 Å². The molecule has 0 unspecified atom stereocenters. The molecule has 0 amide bonds. The second-order valence-corrected chi connectivity index (χ2v) is 2.82. The van der Waals surface area contributed by atoms with Crippen LogP contribution in [0.15, 0.2) is 18.2 Å². The van der Waals surface area contributed by atoms with Crippen molar-refractivity contribution in [2.75, 3.05) is 11.5 Å². The molecule has 6 nitrogen and oxygen atoms in total. The van der Waals surface area contributed by atoms with E-state index in [9.17, 15) is 5.11 Å². The van der Waals surface area contributed by atoms with Crippen LogP contribution >= 0.6 is 0 Å². The second-order valence-electron chi connectivity index (χ2n) is 2.82. The fourth-order valence-corrected chi connectivity index (χ4v) is 1.11. The van der Waals surface area contributed by atoms with Gasteiger partial charge < -0.3 is 16.6 Å². The minimum Gasteiger partial charge on any atom is -0.506 e. The lowest BCUT2D eigenvalue weighted by Crippen LogP contribution is -1.88. The van der Waals surface area contributed by atoms with Gasteiger partial charge in [-0.3, -0.25) is 5.10 Å². The lowest BCUT2D eigenvalue weighted by Gasteiger charge is -2.00. The van der Waals surface area contributed by atoms with Crippen LogP contribution in [0.2, 0.25) is 0 Å². The summed E-state index contributed by atoms with van der Waals surface area (Å²) in [5.41, 5.74) is 11.9. The molecule has 6 heteroatoms. The Morgan fingerprint density at radius 1 is 1.29 bits per heavy atom. The third kappa shape index (κ3) is 1.33. The van der Waals surface area contributed by atoms with E-state index in [-0.39, 0.29) is 17.4 Å². The first-order valence-corrected chi connectivity index (χ1v) is 3.93. The molecular weight excluding hydrogens is 182 g/mol. The molecule has 0 aliphatic heterocycles. The Kier molecular flexibility index (Phi) is 1.74. The minimum absolute atomic E-state index is 0.0428. The SMILES string of the molecule is Nc1n[nH]c(-c2ccc(O)c(N)c2)n1. The molecule has 0 saturated heterocycles. The van der Waals surface area contributed by atoms with Gasteiger partial charge in [0, 0.05) is 5.56 Å². The van der Waals surface area contributed by atoms with Crippen LogP contribution in [0.5, 0.6) is 5.75 Å². The van der Waals surface area contributed by atoms with Crippen molar-refractivity contribution in [2.45, 2.75) is 0 Å². The quantitative estimate of drug-likeness (QED) is 0.383. The Bertz CT molecular complexity index is 465. The largest absolute Gasteiger partial charge is 0.506 e. The van der Waals surface area contributed by atoms with Crippen molar-refractivity contribution in [2.24, 2.45) is 0 Å². The van der Waals surface area contributed by atoms with Gasteiger partial charge >= 0.3 is 0 Å². The number of hydrogen-bond acceptors (Lipinski definition) is 5. The summed E-state index contributed by atoms with van der Waals surface area (Å²) < 4.78 is 0. The zero-order chi connectivity index (χ0) is 10.1. The van der Waals surface area contributed by atoms with Crippen LogP contribution in [0.25, 0.3) is 11.4 Å². The molecule has 1 aromatic carbocycles. The summed E-state index contributed by atoms with van der Waals surface area (Å²) in [5.74, 6) is 0.738. The molecule has 6 N–H and O–H groups in total. The maximum atomic E-state index is 9.20. The number of nitrogens with two attached hydrogens (primary N) is 2. The zero-order valence-electron chi connectivity index (χ0n) is 7.23. The standard InChI is InChI=1S/C8H9N5O/c9-5-3-4(1-2-6(5)14)7-11-8(10)13-12-7/h1-3,14H,9H2,(H3,10,11,12,13). The van der Waals surface area contributed by atoms with Gasteiger partial charge in [0.05, 0.1) is 5.69 Å². The van der Waals surface area contributed by atoms with Gasteiger partial charge in [0.25, 0.3) is 0 Å². The highest BCUT2D eigenvalue weighted by Gasteiger charge is 2.05. The highest BCUT2D eigenvalue weighted by Crippen LogP contribution is 2.25. The van der Waals surface area contributed by atoms with E-state index >= 15 is 0 Å². The molecule has 2 aromatic rings. The maximum absolute atomic E-state index is 9.20. The number of aromatic amines is 1. The smallest absolute Gasteiger partial charge is 0.239 e. The number of aromatic nitrogens is 3. The highest BCUT2D eigenvalue weighted by atomic mass is 16.3. The molecule has 0 spiro atoms. The molecule has 0 radical (unpaired) electrons. The number of phenols is 1. The Balaban J connectivity index is 2.47. The van der Waals surface area contributed by atoms with E-state index in [4.69, 9.17) is 11.5 Å². The number of aromatic hydroxyl groups is 1. The number of nitrogen functional groups attached to an aromatic ring is 2. The molecule has 2 rings (SSSR count). The summed E-state index contributed by atoms with van der Waals surface area (Å²) in [6.07, 6.45) is 0. The number of rotatable bonds is 1. The molecule has 0 bridgehead atoms. The van der Waals surface area contributed by atoms with Gasteiger partial charge in [0.15, 0.2) is 5.82 Å². The number of anilines is 2. The minimum atomic E-state index is 0.0428. The van der Waals surface area contributed by atoms with Gasteiger partial charge in [0.2, 0.25) is 5.95 Å². The van der Waals surface area contributed by atoms with E-state index in [0.29, 0.717) is 5.82 Å². The van der Waals surface area contributed by atoms with Crippen molar-refractivity contribution in [3.8, 4) is 17.1 Å². The molecule has 1 aromatic heterocycles. The average molecular weight is 191 g/mol. The van der Waals surface area contributed by atoms with E-state index in [0.717, 1.165) is 5.56 Å². The number of benzene rings is 1. The van der Waals surface area contributed by atoms with Crippen LogP contribution in [0, 0.1) is 0 Å². The summed E-state index contributed by atoms with van der Waals surface area (Å²) in [6.45, 7) is 0. The summed E-state index contributed by atoms with van der Waals surface area (Å²) in [6, 6.07) is 4.75. The molecular formula is C8H9N5O. The van der Waals surface area contributed by atoms with Crippen molar-refractivity contribution in [1.29, 1.82) is 0 Å². The third-order valence-electron chi connectivity index (χ3n) is 1.80. The number of hydrogen-bond donors (Lipinski definition) is 4. The molecule has 0 aliphatic rings. The Morgan fingerprint density at radius 2 is 2.07 bits per heavy atom. The van der Waals surface area contributed by atoms with Crippen molar-refractivity contribution in [1.82, 2.24) is 15.2 Å².